The third-order valence-electron chi connectivity index (χ3n) is 5.24. The molecule has 3 heterocycles. The number of rotatable bonds is 3. The molecule has 2 aliphatic rings. The highest BCUT2D eigenvalue weighted by atomic mass is 19.1. The van der Waals surface area contributed by atoms with Crippen molar-refractivity contribution < 1.29 is 32.6 Å². The van der Waals surface area contributed by atoms with Gasteiger partial charge in [0.1, 0.15) is 23.0 Å². The Labute approximate surface area is 167 Å². The maximum Gasteiger partial charge on any atom is 0.276 e. The molecule has 8 nitrogen and oxygen atoms in total. The summed E-state index contributed by atoms with van der Waals surface area (Å²) in [6, 6.07) is 0.924. The fourth-order valence-electron chi connectivity index (χ4n) is 3.73. The molecule has 1 aromatic carbocycles. The minimum absolute atomic E-state index is 0.0589. The van der Waals surface area contributed by atoms with Gasteiger partial charge in [0.2, 0.25) is 5.43 Å². The van der Waals surface area contributed by atoms with Gasteiger partial charge in [0, 0.05) is 37.0 Å². The quantitative estimate of drug-likeness (QED) is 0.770. The van der Waals surface area contributed by atoms with Crippen molar-refractivity contribution in [2.75, 3.05) is 13.2 Å². The van der Waals surface area contributed by atoms with Crippen LogP contribution in [0.15, 0.2) is 23.1 Å². The summed E-state index contributed by atoms with van der Waals surface area (Å²) in [4.78, 5) is 39.0. The Morgan fingerprint density at radius 1 is 1.27 bits per heavy atom. The second-order valence-corrected chi connectivity index (χ2v) is 7.21. The van der Waals surface area contributed by atoms with E-state index in [1.807, 2.05) is 0 Å². The number of aromatic hydroxyl groups is 1. The Bertz CT molecular complexity index is 1130. The van der Waals surface area contributed by atoms with Crippen LogP contribution in [-0.2, 0) is 17.8 Å². The van der Waals surface area contributed by atoms with Crippen LogP contribution in [0.4, 0.5) is 13.2 Å². The van der Waals surface area contributed by atoms with Crippen LogP contribution >= 0.6 is 0 Å². The van der Waals surface area contributed by atoms with Gasteiger partial charge in [0.15, 0.2) is 17.2 Å². The molecule has 1 fully saturated rings. The highest BCUT2D eigenvalue weighted by Gasteiger charge is 2.47. The lowest BCUT2D eigenvalue weighted by molar-refractivity contribution is -0.0733. The zero-order valence-electron chi connectivity index (χ0n) is 15.7. The number of aromatic nitrogens is 1. The summed E-state index contributed by atoms with van der Waals surface area (Å²) >= 11 is 0. The molecule has 11 heteroatoms. The minimum atomic E-state index is -1.20. The van der Waals surface area contributed by atoms with Crippen molar-refractivity contribution in [3.05, 3.63) is 62.8 Å². The first-order chi connectivity index (χ1) is 14.1. The van der Waals surface area contributed by atoms with Gasteiger partial charge >= 0.3 is 0 Å². The van der Waals surface area contributed by atoms with E-state index in [4.69, 9.17) is 4.74 Å². The van der Waals surface area contributed by atoms with Gasteiger partial charge in [-0.05, 0) is 6.92 Å². The molecule has 1 unspecified atom stereocenters. The standard InChI is InChI=1S/C19H16F3N3O5/c1-19-8-24-7-11(15(26)16(27)14(24)18(29)25(19)2-3-30-19)17(28)23-6-10-12(21)4-9(20)5-13(10)22/h4-5,7,27H,2-3,6,8H2,1H3,(H,23,28). The molecule has 0 bridgehead atoms. The van der Waals surface area contributed by atoms with Crippen LogP contribution in [0.1, 0.15) is 33.3 Å². The normalized spacial score (nSPS) is 20.1. The molecule has 0 saturated carbocycles. The van der Waals surface area contributed by atoms with Crippen molar-refractivity contribution in [3.8, 4) is 5.75 Å². The lowest BCUT2D eigenvalue weighted by Gasteiger charge is -2.39. The predicted molar refractivity (Wildman–Crippen MR) is 95.2 cm³/mol. The molecule has 158 valence electrons. The Balaban J connectivity index is 1.66. The molecule has 2 aromatic rings. The molecular weight excluding hydrogens is 407 g/mol. The van der Waals surface area contributed by atoms with Crippen molar-refractivity contribution >= 4 is 11.8 Å². The first kappa shape index (κ1) is 20.0. The second-order valence-electron chi connectivity index (χ2n) is 7.21. The van der Waals surface area contributed by atoms with Gasteiger partial charge in [-0.25, -0.2) is 13.2 Å². The molecule has 1 saturated heterocycles. The summed E-state index contributed by atoms with van der Waals surface area (Å²) in [6.45, 7) is 1.63. The highest BCUT2D eigenvalue weighted by Crippen LogP contribution is 2.33. The average molecular weight is 423 g/mol. The van der Waals surface area contributed by atoms with Crippen molar-refractivity contribution in [1.29, 1.82) is 0 Å². The SMILES string of the molecule is CC12Cn3cc(C(=O)NCc4c(F)cc(F)cc4F)c(=O)c(O)c3C(=O)N1CCO2. The van der Waals surface area contributed by atoms with Crippen LogP contribution in [-0.4, -0.2) is 45.3 Å². The Morgan fingerprint density at radius 2 is 1.93 bits per heavy atom. The molecule has 4 rings (SSSR count). The smallest absolute Gasteiger partial charge is 0.276 e. The number of halogens is 3. The van der Waals surface area contributed by atoms with E-state index in [1.165, 1.54) is 9.47 Å². The van der Waals surface area contributed by atoms with E-state index in [0.29, 0.717) is 18.7 Å². The third kappa shape index (κ3) is 3.02. The molecule has 0 radical (unpaired) electrons. The number of nitrogens with one attached hydrogen (secondary N) is 1. The predicted octanol–water partition coefficient (Wildman–Crippen LogP) is 1.10. The summed E-state index contributed by atoms with van der Waals surface area (Å²) in [5.41, 5.74) is -3.49. The van der Waals surface area contributed by atoms with Crippen molar-refractivity contribution in [2.24, 2.45) is 0 Å². The van der Waals surface area contributed by atoms with Crippen LogP contribution in [0, 0.1) is 17.5 Å². The van der Waals surface area contributed by atoms with Crippen molar-refractivity contribution in [1.82, 2.24) is 14.8 Å². The number of ether oxygens (including phenoxy) is 1. The van der Waals surface area contributed by atoms with Gasteiger partial charge in [-0.15, -0.1) is 0 Å². The lowest BCUT2D eigenvalue weighted by Crippen LogP contribution is -2.54. The zero-order valence-corrected chi connectivity index (χ0v) is 15.7. The van der Waals surface area contributed by atoms with Gasteiger partial charge in [-0.1, -0.05) is 0 Å². The van der Waals surface area contributed by atoms with Crippen LogP contribution in [0.5, 0.6) is 5.75 Å². The van der Waals surface area contributed by atoms with Gasteiger partial charge in [-0.2, -0.15) is 0 Å². The second kappa shape index (κ2) is 6.87. The van der Waals surface area contributed by atoms with E-state index in [1.54, 1.807) is 6.92 Å². The lowest BCUT2D eigenvalue weighted by atomic mass is 10.1. The molecule has 2 aliphatic heterocycles. The molecule has 1 atom stereocenters. The molecule has 0 aliphatic carbocycles. The molecule has 1 aromatic heterocycles. The highest BCUT2D eigenvalue weighted by molar-refractivity contribution is 5.99. The number of hydrogen-bond acceptors (Lipinski definition) is 5. The number of carbonyl (C=O) groups is 2. The Morgan fingerprint density at radius 3 is 2.60 bits per heavy atom. The molecule has 0 spiro atoms. The third-order valence-corrected chi connectivity index (χ3v) is 5.24. The average Bonchev–Trinajstić information content (AvgIpc) is 3.05. The topological polar surface area (TPSA) is 101 Å². The van der Waals surface area contributed by atoms with Crippen LogP contribution in [0.2, 0.25) is 0 Å². The number of hydrogen-bond donors (Lipinski definition) is 2. The van der Waals surface area contributed by atoms with E-state index in [0.717, 1.165) is 6.20 Å². The van der Waals surface area contributed by atoms with Gasteiger partial charge in [-0.3, -0.25) is 14.4 Å². The molecule has 2 N–H and O–H groups in total. The van der Waals surface area contributed by atoms with Crippen LogP contribution in [0.3, 0.4) is 0 Å². The number of carbonyl (C=O) groups excluding carboxylic acids is 2. The maximum absolute atomic E-state index is 13.7. The zero-order chi connectivity index (χ0) is 21.8. The molecule has 2 amide bonds. The molecular formula is C19H16F3N3O5. The largest absolute Gasteiger partial charge is 0.503 e. The Kier molecular flexibility index (Phi) is 4.57. The van der Waals surface area contributed by atoms with Gasteiger partial charge in [0.25, 0.3) is 11.8 Å². The summed E-state index contributed by atoms with van der Waals surface area (Å²) < 4.78 is 47.3. The number of benzene rings is 1. The first-order valence-electron chi connectivity index (χ1n) is 8.96. The number of nitrogens with zero attached hydrogens (tertiary/aromatic N) is 2. The van der Waals surface area contributed by atoms with Crippen LogP contribution < -0.4 is 10.7 Å². The number of amides is 2. The van der Waals surface area contributed by atoms with E-state index in [9.17, 15) is 32.7 Å². The van der Waals surface area contributed by atoms with E-state index >= 15 is 0 Å². The summed E-state index contributed by atoms with van der Waals surface area (Å²) in [6.07, 6.45) is 1.09. The minimum Gasteiger partial charge on any atom is -0.503 e. The van der Waals surface area contributed by atoms with Crippen molar-refractivity contribution in [2.45, 2.75) is 25.7 Å². The fourth-order valence-corrected chi connectivity index (χ4v) is 3.73. The summed E-state index contributed by atoms with van der Waals surface area (Å²) in [5.74, 6) is -6.05. The fraction of sp³-hybridized carbons (Fsp3) is 0.316. The van der Waals surface area contributed by atoms with Crippen LogP contribution in [0.25, 0.3) is 0 Å². The number of pyridine rings is 1. The molecule has 30 heavy (non-hydrogen) atoms. The summed E-state index contributed by atoms with van der Waals surface area (Å²) in [7, 11) is 0. The maximum atomic E-state index is 13.7. The first-order valence-corrected chi connectivity index (χ1v) is 8.96. The monoisotopic (exact) mass is 423 g/mol. The van der Waals surface area contributed by atoms with Gasteiger partial charge in [0.05, 0.1) is 13.2 Å². The van der Waals surface area contributed by atoms with Crippen molar-refractivity contribution in [3.63, 3.8) is 0 Å². The van der Waals surface area contributed by atoms with E-state index in [2.05, 4.69) is 5.32 Å². The Hall–Kier alpha value is -3.34. The number of fused-ring (bicyclic) bond motifs is 2. The van der Waals surface area contributed by atoms with E-state index < -0.39 is 63.8 Å². The van der Waals surface area contributed by atoms with E-state index in [-0.39, 0.29) is 18.8 Å². The summed E-state index contributed by atoms with van der Waals surface area (Å²) in [5, 5.41) is 12.5. The van der Waals surface area contributed by atoms with Gasteiger partial charge < -0.3 is 24.6 Å².